The zero-order chi connectivity index (χ0) is 29.4. The normalized spacial score (nSPS) is 13.9. The Morgan fingerprint density at radius 2 is 1.78 bits per heavy atom. The molecule has 1 aromatic heterocycles. The van der Waals surface area contributed by atoms with E-state index in [2.05, 4.69) is 15.3 Å². The summed E-state index contributed by atoms with van der Waals surface area (Å²) in [6.45, 7) is -0.272. The number of rotatable bonds is 10. The fraction of sp³-hybridized carbons (Fsp3) is 0.214. The van der Waals surface area contributed by atoms with E-state index in [1.54, 1.807) is 18.2 Å². The van der Waals surface area contributed by atoms with Crippen LogP contribution < -0.4 is 19.1 Å². The Labute approximate surface area is 239 Å². The van der Waals surface area contributed by atoms with Gasteiger partial charge >= 0.3 is 0 Å². The van der Waals surface area contributed by atoms with Crippen molar-refractivity contribution in [3.8, 4) is 11.5 Å². The molecule has 8 nitrogen and oxygen atoms in total. The first-order valence-corrected chi connectivity index (χ1v) is 14.1. The summed E-state index contributed by atoms with van der Waals surface area (Å²) in [4.78, 5) is 7.20. The molecule has 0 bridgehead atoms. The molecule has 1 aliphatic carbocycles. The summed E-state index contributed by atoms with van der Waals surface area (Å²) in [5.74, 6) is -1.53. The zero-order valence-electron chi connectivity index (χ0n) is 21.9. The molecule has 5 rings (SSSR count). The molecule has 41 heavy (non-hydrogen) atoms. The molecular weight excluding hydrogens is 581 g/mol. The van der Waals surface area contributed by atoms with Crippen LogP contribution in [-0.4, -0.2) is 32.6 Å². The highest BCUT2D eigenvalue weighted by molar-refractivity contribution is 7.92. The second-order valence-electron chi connectivity index (χ2n) is 9.35. The molecule has 0 atom stereocenters. The average molecular weight is 605 g/mol. The first kappa shape index (κ1) is 28.5. The first-order valence-electron chi connectivity index (χ1n) is 12.3. The highest BCUT2D eigenvalue weighted by Crippen LogP contribution is 2.50. The molecule has 214 valence electrons. The Bertz CT molecular complexity index is 1710. The maximum Gasteiger partial charge on any atom is 0.268 e. The molecule has 0 aliphatic heterocycles. The summed E-state index contributed by atoms with van der Waals surface area (Å²) >= 11 is 6.45. The molecule has 0 radical (unpaired) electrons. The maximum atomic E-state index is 15.6. The largest absolute Gasteiger partial charge is 0.497 e. The smallest absolute Gasteiger partial charge is 0.268 e. The lowest BCUT2D eigenvalue weighted by molar-refractivity contribution is 0.391. The van der Waals surface area contributed by atoms with E-state index in [1.807, 2.05) is 0 Å². The van der Waals surface area contributed by atoms with Crippen molar-refractivity contribution in [2.75, 3.05) is 23.8 Å². The van der Waals surface area contributed by atoms with E-state index in [-0.39, 0.29) is 28.6 Å². The second kappa shape index (κ2) is 11.1. The van der Waals surface area contributed by atoms with Crippen molar-refractivity contribution in [1.82, 2.24) is 9.97 Å². The van der Waals surface area contributed by atoms with Crippen LogP contribution in [0.1, 0.15) is 24.0 Å². The van der Waals surface area contributed by atoms with E-state index < -0.39 is 37.9 Å². The number of ether oxygens (including phenoxy) is 2. The Morgan fingerprint density at radius 1 is 1.00 bits per heavy atom. The number of nitrogens with zero attached hydrogens (tertiary/aromatic N) is 3. The van der Waals surface area contributed by atoms with Crippen LogP contribution in [-0.2, 0) is 22.1 Å². The molecule has 1 fully saturated rings. The van der Waals surface area contributed by atoms with Crippen molar-refractivity contribution in [2.24, 2.45) is 0 Å². The monoisotopic (exact) mass is 604 g/mol. The van der Waals surface area contributed by atoms with Gasteiger partial charge in [0.05, 0.1) is 37.0 Å². The van der Waals surface area contributed by atoms with Crippen LogP contribution in [0, 0.1) is 17.5 Å². The SMILES string of the molecule is COc1ccc(CN(c2ccncn2)S(=O)(=O)c2cc(Cl)c(NC3(c4cc(F)ccc4F)CC3)cc2F)c(OC)c1. The summed E-state index contributed by atoms with van der Waals surface area (Å²) in [7, 11) is -1.69. The summed E-state index contributed by atoms with van der Waals surface area (Å²) in [5, 5.41) is 2.86. The highest BCUT2D eigenvalue weighted by Gasteiger charge is 2.47. The standard InChI is InChI=1S/C28H24ClF3N4O4S/c1-39-19-5-3-17(25(12-19)40-2)15-36(27-7-10-33-16-34-27)41(37,38)26-13-21(29)24(14-23(26)32)35-28(8-9-28)20-11-18(30)4-6-22(20)31/h3-7,10-14,16,35H,8-9,15H2,1-2H3. The van der Waals surface area contributed by atoms with E-state index in [4.69, 9.17) is 21.1 Å². The number of sulfonamides is 1. The maximum absolute atomic E-state index is 15.6. The van der Waals surface area contributed by atoms with Gasteiger partial charge in [-0.25, -0.2) is 35.9 Å². The molecule has 0 amide bonds. The molecule has 13 heteroatoms. The average Bonchev–Trinajstić information content (AvgIpc) is 3.75. The summed E-state index contributed by atoms with van der Waals surface area (Å²) in [6, 6.07) is 11.2. The second-order valence-corrected chi connectivity index (χ2v) is 11.6. The molecule has 3 aromatic carbocycles. The van der Waals surface area contributed by atoms with Gasteiger partial charge in [-0.3, -0.25) is 0 Å². The molecule has 4 aromatic rings. The van der Waals surface area contributed by atoms with Gasteiger partial charge < -0.3 is 14.8 Å². The Kier molecular flexibility index (Phi) is 7.71. The van der Waals surface area contributed by atoms with Gasteiger partial charge in [0.2, 0.25) is 0 Å². The van der Waals surface area contributed by atoms with Crippen molar-refractivity contribution in [3.05, 3.63) is 101 Å². The van der Waals surface area contributed by atoms with Gasteiger partial charge in [0, 0.05) is 29.5 Å². The third-order valence-electron chi connectivity index (χ3n) is 6.79. The number of hydrogen-bond donors (Lipinski definition) is 1. The Hall–Kier alpha value is -4.03. The predicted molar refractivity (Wildman–Crippen MR) is 147 cm³/mol. The van der Waals surface area contributed by atoms with Gasteiger partial charge in [0.25, 0.3) is 10.0 Å². The molecule has 1 saturated carbocycles. The summed E-state index contributed by atoms with van der Waals surface area (Å²) in [5.41, 5.74) is -0.433. The first-order chi connectivity index (χ1) is 19.6. The Balaban J connectivity index is 1.52. The Morgan fingerprint density at radius 3 is 2.44 bits per heavy atom. The van der Waals surface area contributed by atoms with E-state index in [0.717, 1.165) is 34.6 Å². The number of nitrogens with one attached hydrogen (secondary N) is 1. The van der Waals surface area contributed by atoms with Crippen LogP contribution in [0.25, 0.3) is 0 Å². The third kappa shape index (κ3) is 5.62. The lowest BCUT2D eigenvalue weighted by atomic mass is 10.0. The van der Waals surface area contributed by atoms with E-state index in [9.17, 15) is 17.2 Å². The van der Waals surface area contributed by atoms with Crippen molar-refractivity contribution < 1.29 is 31.1 Å². The van der Waals surface area contributed by atoms with Gasteiger partial charge in [-0.2, -0.15) is 0 Å². The topological polar surface area (TPSA) is 93.7 Å². The van der Waals surface area contributed by atoms with Crippen LogP contribution in [0.3, 0.4) is 0 Å². The van der Waals surface area contributed by atoms with Gasteiger partial charge in [-0.1, -0.05) is 11.6 Å². The number of halogens is 4. The van der Waals surface area contributed by atoms with Crippen molar-refractivity contribution in [1.29, 1.82) is 0 Å². The fourth-order valence-electron chi connectivity index (χ4n) is 4.51. The number of aromatic nitrogens is 2. The minimum absolute atomic E-state index is 0.0193. The van der Waals surface area contributed by atoms with Crippen LogP contribution in [0.5, 0.6) is 11.5 Å². The highest BCUT2D eigenvalue weighted by atomic mass is 35.5. The molecule has 0 spiro atoms. The van der Waals surface area contributed by atoms with Crippen LogP contribution in [0.2, 0.25) is 5.02 Å². The minimum Gasteiger partial charge on any atom is -0.497 e. The lowest BCUT2D eigenvalue weighted by Gasteiger charge is -2.25. The van der Waals surface area contributed by atoms with Gasteiger partial charge in [0.1, 0.15) is 46.0 Å². The molecule has 1 heterocycles. The van der Waals surface area contributed by atoms with Gasteiger partial charge in [-0.15, -0.1) is 0 Å². The number of hydrogen-bond acceptors (Lipinski definition) is 7. The van der Waals surface area contributed by atoms with E-state index >= 15 is 4.39 Å². The zero-order valence-corrected chi connectivity index (χ0v) is 23.4. The summed E-state index contributed by atoms with van der Waals surface area (Å²) < 4.78 is 83.4. The molecule has 0 saturated heterocycles. The minimum atomic E-state index is -4.60. The number of anilines is 2. The molecule has 0 unspecified atom stereocenters. The summed E-state index contributed by atoms with van der Waals surface area (Å²) in [6.07, 6.45) is 3.40. The van der Waals surface area contributed by atoms with Crippen LogP contribution in [0.15, 0.2) is 72.0 Å². The van der Waals surface area contributed by atoms with Crippen LogP contribution >= 0.6 is 11.6 Å². The van der Waals surface area contributed by atoms with Crippen molar-refractivity contribution >= 4 is 33.1 Å². The van der Waals surface area contributed by atoms with Crippen molar-refractivity contribution in [2.45, 2.75) is 29.8 Å². The lowest BCUT2D eigenvalue weighted by Crippen LogP contribution is -2.32. The number of methoxy groups -OCH3 is 2. The third-order valence-corrected chi connectivity index (χ3v) is 8.87. The molecule has 1 N–H and O–H groups in total. The molecule has 1 aliphatic rings. The van der Waals surface area contributed by atoms with Gasteiger partial charge in [0.15, 0.2) is 0 Å². The predicted octanol–water partition coefficient (Wildman–Crippen LogP) is 6.06. The quantitative estimate of drug-likeness (QED) is 0.235. The van der Waals surface area contributed by atoms with E-state index in [0.29, 0.717) is 29.9 Å². The van der Waals surface area contributed by atoms with E-state index in [1.165, 1.54) is 32.8 Å². The van der Waals surface area contributed by atoms with Crippen LogP contribution in [0.4, 0.5) is 24.7 Å². The fourth-order valence-corrected chi connectivity index (χ4v) is 6.26. The number of benzene rings is 3. The molecular formula is C28H24ClF3N4O4S. The van der Waals surface area contributed by atoms with Gasteiger partial charge in [-0.05, 0) is 55.3 Å². The van der Waals surface area contributed by atoms with Crippen molar-refractivity contribution in [3.63, 3.8) is 0 Å².